The number of nitrogens with zero attached hydrogens (tertiary/aromatic N) is 3. The normalized spacial score (nSPS) is 13.3. The highest BCUT2D eigenvalue weighted by molar-refractivity contribution is 6.10. The van der Waals surface area contributed by atoms with Crippen molar-refractivity contribution in [1.29, 1.82) is 0 Å². The van der Waals surface area contributed by atoms with Gasteiger partial charge < -0.3 is 23.5 Å². The Hall–Kier alpha value is -16.2. The molecule has 2 aliphatic heterocycles. The summed E-state index contributed by atoms with van der Waals surface area (Å²) in [6.07, 6.45) is 0. The molecule has 610 valence electrons. The Balaban J connectivity index is 0.000000114. The summed E-state index contributed by atoms with van der Waals surface area (Å²) in [6.45, 7) is 9.54. The monoisotopic (exact) mass is 1640 g/mol. The maximum Gasteiger partial charge on any atom is 0.344 e. The first-order chi connectivity index (χ1) is 62.9. The quantitative estimate of drug-likeness (QED) is 0.0897. The van der Waals surface area contributed by atoms with Crippen LogP contribution in [0.5, 0.6) is 0 Å². The van der Waals surface area contributed by atoms with Gasteiger partial charge in [0.25, 0.3) is 0 Å². The molecule has 21 aromatic rings. The van der Waals surface area contributed by atoms with E-state index in [1.54, 1.807) is 0 Å². The van der Waals surface area contributed by atoms with Gasteiger partial charge in [-0.2, -0.15) is 0 Å². The molecule has 128 heavy (non-hydrogen) atoms. The van der Waals surface area contributed by atoms with Gasteiger partial charge in [-0.3, -0.25) is 0 Å². The number of fused-ring (bicyclic) bond motifs is 13. The molecule has 0 bridgehead atoms. The van der Waals surface area contributed by atoms with Crippen molar-refractivity contribution < 1.29 is 8.83 Å². The number of para-hydroxylation sites is 4. The smallest absolute Gasteiger partial charge is 0.344 e. The average molecular weight is 1650 g/mol. The number of anilines is 9. The molecule has 0 amide bonds. The summed E-state index contributed by atoms with van der Waals surface area (Å²) in [6, 6.07) is 166. The van der Waals surface area contributed by atoms with Gasteiger partial charge in [0, 0.05) is 55.3 Å². The third-order valence-electron chi connectivity index (χ3n) is 26.5. The Morgan fingerprint density at radius 3 is 1.17 bits per heavy atom. The number of hydrogen-bond donors (Lipinski definition) is 0. The lowest BCUT2D eigenvalue weighted by Gasteiger charge is -2.46. The van der Waals surface area contributed by atoms with Crippen molar-refractivity contribution in [2.75, 3.05) is 14.7 Å². The van der Waals surface area contributed by atoms with Crippen LogP contribution in [0.2, 0.25) is 0 Å². The summed E-state index contributed by atoms with van der Waals surface area (Å²) < 4.78 is 12.1. The second-order valence-corrected chi connectivity index (χ2v) is 34.5. The van der Waals surface area contributed by atoms with E-state index in [9.17, 15) is 4.79 Å². The van der Waals surface area contributed by atoms with Crippen molar-refractivity contribution >= 4 is 94.9 Å². The molecule has 19 aromatic carbocycles. The maximum atomic E-state index is 12.7. The summed E-state index contributed by atoms with van der Waals surface area (Å²) in [5, 5.41) is 4.55. The lowest BCUT2D eigenvalue weighted by atomic mass is 9.62. The number of hydrogen-bond acceptors (Lipinski definition) is 6. The molecular formula is C122H89N3O3. The van der Waals surface area contributed by atoms with E-state index in [4.69, 9.17) is 8.83 Å². The van der Waals surface area contributed by atoms with Gasteiger partial charge >= 0.3 is 5.63 Å². The van der Waals surface area contributed by atoms with Crippen molar-refractivity contribution in [1.82, 2.24) is 0 Å². The summed E-state index contributed by atoms with van der Waals surface area (Å²) in [7, 11) is 0. The summed E-state index contributed by atoms with van der Waals surface area (Å²) in [4.78, 5) is 19.9. The van der Waals surface area contributed by atoms with Gasteiger partial charge in [0.1, 0.15) is 16.7 Å². The molecule has 6 heteroatoms. The molecule has 0 unspecified atom stereocenters. The molecule has 2 aromatic heterocycles. The van der Waals surface area contributed by atoms with E-state index in [1.165, 1.54) is 123 Å². The highest BCUT2D eigenvalue weighted by Gasteiger charge is 2.47. The second kappa shape index (κ2) is 32.2. The average Bonchev–Trinajstić information content (AvgIpc) is 0.703. The van der Waals surface area contributed by atoms with Crippen LogP contribution in [0, 0.1) is 0 Å². The standard InChI is InChI=1S/C43H27NO3.C42H35N.C37H27N/c45-43-38-13-5-4-11-35(38)39-27-33(25-26-41(39)47-43)44(31-21-17-29(18-22-31)28-9-2-1-3-10-28)32-23-19-30(20-24-32)34-14-8-15-37-36-12-6-7-16-40(36)46-42(34)37;1-41(2)35-26-30(28-14-7-5-8-15-28)22-24-37(35)43(38-25-23-31(27-36(38)41)29-16-9-6-10-17-29)39-21-13-19-33-32-18-11-12-20-34(32)42(3,4)40(33)39;1-4-14-28(15-5-1)29-24-26-32(27-25-29)38-35-22-12-10-20-33(35)37(30-16-6-2-7-17-30,31-18-8-3-9-19-31)34-21-11-13-23-36(34)38/h1-27H;5-27H,1-4H3;1-27H. The van der Waals surface area contributed by atoms with Crippen molar-refractivity contribution in [3.8, 4) is 66.8 Å². The van der Waals surface area contributed by atoms with Crippen LogP contribution in [0.4, 0.5) is 51.2 Å². The van der Waals surface area contributed by atoms with Crippen LogP contribution >= 0.6 is 0 Å². The van der Waals surface area contributed by atoms with Gasteiger partial charge in [-0.25, -0.2) is 4.79 Å². The number of furan rings is 1. The van der Waals surface area contributed by atoms with Crippen molar-refractivity contribution in [2.45, 2.75) is 43.9 Å². The van der Waals surface area contributed by atoms with Crippen LogP contribution in [0.1, 0.15) is 72.2 Å². The SMILES string of the molecule is CC1(C)c2cc(-c3ccccc3)ccc2N(c2cccc3c2C(C)(C)c2ccccc2-3)c2ccc(-c3ccccc3)cc21.O=c1oc2ccc(N(c3ccc(-c4ccccc4)cc3)c3ccc(-c4cccc5c4oc4ccccc45)cc3)cc2c2ccccc12.c1ccc(-c2ccc(N3c4ccccc4C(c4ccccc4)(c4ccccc4)c4ccccc43)cc2)cc1. The second-order valence-electron chi connectivity index (χ2n) is 34.5. The molecule has 0 saturated carbocycles. The molecule has 1 aliphatic carbocycles. The van der Waals surface area contributed by atoms with E-state index < -0.39 is 5.41 Å². The van der Waals surface area contributed by atoms with E-state index in [2.05, 4.69) is 449 Å². The van der Waals surface area contributed by atoms with Gasteiger partial charge in [0.15, 0.2) is 0 Å². The van der Waals surface area contributed by atoms with Crippen LogP contribution < -0.4 is 20.3 Å². The zero-order valence-corrected chi connectivity index (χ0v) is 71.5. The maximum absolute atomic E-state index is 12.7. The van der Waals surface area contributed by atoms with E-state index in [1.807, 2.05) is 60.7 Å². The van der Waals surface area contributed by atoms with Gasteiger partial charge in [0.2, 0.25) is 0 Å². The van der Waals surface area contributed by atoms with Crippen molar-refractivity contribution in [3.63, 3.8) is 0 Å². The minimum Gasteiger partial charge on any atom is -0.455 e. The topological polar surface area (TPSA) is 53.1 Å². The predicted octanol–water partition coefficient (Wildman–Crippen LogP) is 32.6. The molecular weight excluding hydrogens is 1560 g/mol. The fourth-order valence-corrected chi connectivity index (χ4v) is 20.4. The third kappa shape index (κ3) is 13.4. The van der Waals surface area contributed by atoms with E-state index in [-0.39, 0.29) is 16.5 Å². The van der Waals surface area contributed by atoms with Crippen LogP contribution in [0.25, 0.3) is 110 Å². The van der Waals surface area contributed by atoms with E-state index in [0.29, 0.717) is 11.0 Å². The summed E-state index contributed by atoms with van der Waals surface area (Å²) in [5.74, 6) is 0. The predicted molar refractivity (Wildman–Crippen MR) is 533 cm³/mol. The van der Waals surface area contributed by atoms with Gasteiger partial charge in [-0.1, -0.05) is 386 Å². The Kier molecular flexibility index (Phi) is 19.6. The van der Waals surface area contributed by atoms with Gasteiger partial charge in [-0.15, -0.1) is 0 Å². The molecule has 4 heterocycles. The third-order valence-corrected chi connectivity index (χ3v) is 26.5. The first-order valence-corrected chi connectivity index (χ1v) is 44.1. The number of benzene rings is 19. The molecule has 0 atom stereocenters. The highest BCUT2D eigenvalue weighted by Crippen LogP contribution is 2.61. The Morgan fingerprint density at radius 2 is 0.617 bits per heavy atom. The van der Waals surface area contributed by atoms with Crippen LogP contribution in [0.15, 0.2) is 481 Å². The molecule has 0 fully saturated rings. The van der Waals surface area contributed by atoms with E-state index in [0.717, 1.165) is 72.2 Å². The Morgan fingerprint density at radius 1 is 0.234 bits per heavy atom. The van der Waals surface area contributed by atoms with Crippen LogP contribution in [-0.2, 0) is 16.2 Å². The van der Waals surface area contributed by atoms with Gasteiger partial charge in [0.05, 0.1) is 39.2 Å². The molecule has 3 aliphatic rings. The molecule has 24 rings (SSSR count). The van der Waals surface area contributed by atoms with E-state index >= 15 is 0 Å². The Bertz CT molecular complexity index is 7620. The zero-order valence-electron chi connectivity index (χ0n) is 71.5. The fourth-order valence-electron chi connectivity index (χ4n) is 20.4. The Labute approximate surface area is 746 Å². The summed E-state index contributed by atoms with van der Waals surface area (Å²) >= 11 is 0. The fraction of sp³-hybridized carbons (Fsp3) is 0.0574. The van der Waals surface area contributed by atoms with Crippen molar-refractivity contribution in [3.05, 3.63) is 522 Å². The van der Waals surface area contributed by atoms with Crippen LogP contribution in [-0.4, -0.2) is 0 Å². The minimum absolute atomic E-state index is 0.121. The first-order valence-electron chi connectivity index (χ1n) is 44.1. The number of rotatable bonds is 12. The molecule has 0 spiro atoms. The highest BCUT2D eigenvalue weighted by atomic mass is 16.4. The largest absolute Gasteiger partial charge is 0.455 e. The minimum atomic E-state index is -0.434. The molecule has 0 saturated heterocycles. The van der Waals surface area contributed by atoms with Gasteiger partial charge in [-0.05, 0) is 220 Å². The molecule has 0 radical (unpaired) electrons. The zero-order chi connectivity index (χ0) is 86.0. The van der Waals surface area contributed by atoms with Crippen molar-refractivity contribution in [2.24, 2.45) is 0 Å². The lowest BCUT2D eigenvalue weighted by Crippen LogP contribution is -2.37. The lowest BCUT2D eigenvalue weighted by molar-refractivity contribution is 0.569. The first kappa shape index (κ1) is 77.9. The molecule has 0 N–H and O–H groups in total. The molecule has 6 nitrogen and oxygen atoms in total. The van der Waals surface area contributed by atoms with Crippen LogP contribution in [0.3, 0.4) is 0 Å². The summed E-state index contributed by atoms with van der Waals surface area (Å²) in [5.41, 5.74) is 36.7.